The molecule has 1 saturated heterocycles. The molecule has 7 heteroatoms. The Morgan fingerprint density at radius 2 is 0.830 bits per heavy atom. The van der Waals surface area contributed by atoms with Crippen molar-refractivity contribution in [1.82, 2.24) is 0 Å². The predicted octanol–water partition coefficient (Wildman–Crippen LogP) is 11.2. The monoisotopic (exact) mass is 638 g/mol. The Balaban J connectivity index is 1.57. The van der Waals surface area contributed by atoms with E-state index < -0.39 is 34.9 Å². The number of nitrogens with zero attached hydrogens (tertiary/aromatic N) is 1. The molecule has 2 aliphatic heterocycles. The maximum Gasteiger partial charge on any atom is 0.194 e. The molecule has 0 N–H and O–H groups in total. The average molecular weight is 639 g/mol. The fraction of sp³-hybridized carbons (Fsp3) is 0.200. The van der Waals surface area contributed by atoms with Crippen molar-refractivity contribution >= 4 is 21.5 Å². The Hall–Kier alpha value is -4.62. The first-order valence-electron chi connectivity index (χ1n) is 16.0. The zero-order valence-electron chi connectivity index (χ0n) is 25.5. The summed E-state index contributed by atoms with van der Waals surface area (Å²) in [6.07, 6.45) is 4.07. The molecule has 6 aromatic carbocycles. The largest absolute Gasteiger partial charge is 0.316 e. The molecule has 0 bridgehead atoms. The third kappa shape index (κ3) is 4.91. The molecule has 0 unspecified atom stereocenters. The van der Waals surface area contributed by atoms with Crippen LogP contribution in [0.2, 0.25) is 0 Å². The van der Waals surface area contributed by atoms with E-state index in [4.69, 9.17) is 0 Å². The van der Waals surface area contributed by atoms with Gasteiger partial charge >= 0.3 is 0 Å². The van der Waals surface area contributed by atoms with Crippen molar-refractivity contribution in [2.24, 2.45) is 0 Å². The Kier molecular flexibility index (Phi) is 7.14. The second-order valence-electron chi connectivity index (χ2n) is 13.0. The Bertz CT molecular complexity index is 2030. The van der Waals surface area contributed by atoms with Gasteiger partial charge in [-0.1, -0.05) is 48.5 Å². The predicted molar refractivity (Wildman–Crippen MR) is 173 cm³/mol. The Morgan fingerprint density at radius 1 is 0.447 bits per heavy atom. The normalized spacial score (nSPS) is 15.8. The molecule has 0 amide bonds. The van der Waals surface area contributed by atoms with Crippen molar-refractivity contribution < 1.29 is 30.8 Å². The lowest BCUT2D eigenvalue weighted by Gasteiger charge is -2.38. The van der Waals surface area contributed by atoms with Gasteiger partial charge in [0, 0.05) is 22.3 Å². The lowest BCUT2D eigenvalue weighted by molar-refractivity contribution is -0.952. The molecule has 8 rings (SSSR count). The van der Waals surface area contributed by atoms with Crippen molar-refractivity contribution in [2.45, 2.75) is 38.8 Å². The third-order valence-electron chi connectivity index (χ3n) is 10.2. The van der Waals surface area contributed by atoms with Crippen LogP contribution in [0.25, 0.3) is 54.9 Å². The smallest absolute Gasteiger partial charge is 0.194 e. The topological polar surface area (TPSA) is 0 Å². The van der Waals surface area contributed by atoms with Crippen molar-refractivity contribution in [1.29, 1.82) is 0 Å². The summed E-state index contributed by atoms with van der Waals surface area (Å²) < 4.78 is 88.4. The lowest BCUT2D eigenvalue weighted by Crippen LogP contribution is -2.46. The quantitative estimate of drug-likeness (QED) is 0.101. The van der Waals surface area contributed by atoms with Crippen molar-refractivity contribution in [3.05, 3.63) is 131 Å². The molecule has 0 aliphatic carbocycles. The van der Waals surface area contributed by atoms with Crippen molar-refractivity contribution in [2.75, 3.05) is 13.1 Å². The highest BCUT2D eigenvalue weighted by atomic mass is 19.2. The first-order valence-corrected chi connectivity index (χ1v) is 16.0. The van der Waals surface area contributed by atoms with Gasteiger partial charge in [0.05, 0.1) is 13.1 Å². The number of fused-ring (bicyclic) bond motifs is 7. The number of hydrogen-bond acceptors (Lipinski definition) is 0. The second kappa shape index (κ2) is 11.3. The molecular weight excluding hydrogens is 608 g/mol. The molecular formula is C40H30F6N+. The molecule has 0 radical (unpaired) electrons. The van der Waals surface area contributed by atoms with E-state index in [-0.39, 0.29) is 11.1 Å². The highest BCUT2D eigenvalue weighted by Crippen LogP contribution is 2.50. The van der Waals surface area contributed by atoms with Gasteiger partial charge in [0.15, 0.2) is 34.9 Å². The maximum atomic E-state index is 14.8. The molecule has 1 nitrogen and oxygen atoms in total. The van der Waals surface area contributed by atoms with Crippen LogP contribution in [-0.4, -0.2) is 17.6 Å². The lowest BCUT2D eigenvalue weighted by atomic mass is 9.82. The van der Waals surface area contributed by atoms with E-state index in [1.165, 1.54) is 0 Å². The van der Waals surface area contributed by atoms with Crippen LogP contribution in [0, 0.1) is 34.9 Å². The minimum atomic E-state index is -1.52. The highest BCUT2D eigenvalue weighted by Gasteiger charge is 2.38. The van der Waals surface area contributed by atoms with Gasteiger partial charge < -0.3 is 4.48 Å². The van der Waals surface area contributed by atoms with Crippen molar-refractivity contribution in [3.63, 3.8) is 0 Å². The molecule has 0 aromatic heterocycles. The van der Waals surface area contributed by atoms with E-state index in [0.29, 0.717) is 28.7 Å². The molecule has 1 fully saturated rings. The molecule has 47 heavy (non-hydrogen) atoms. The van der Waals surface area contributed by atoms with E-state index in [2.05, 4.69) is 0 Å². The highest BCUT2D eigenvalue weighted by molar-refractivity contribution is 6.11. The van der Waals surface area contributed by atoms with Crippen LogP contribution in [0.5, 0.6) is 0 Å². The van der Waals surface area contributed by atoms with E-state index in [1.54, 1.807) is 0 Å². The van der Waals surface area contributed by atoms with Gasteiger partial charge in [0.2, 0.25) is 0 Å². The Morgan fingerprint density at radius 3 is 1.23 bits per heavy atom. The van der Waals surface area contributed by atoms with Gasteiger partial charge in [0.25, 0.3) is 0 Å². The summed E-state index contributed by atoms with van der Waals surface area (Å²) in [5.41, 5.74) is 5.21. The minimum absolute atomic E-state index is 0.239. The summed E-state index contributed by atoms with van der Waals surface area (Å²) in [4.78, 5) is 0. The molecule has 1 spiro atoms. The Labute approximate surface area is 268 Å². The van der Waals surface area contributed by atoms with E-state index in [0.717, 1.165) is 107 Å². The first kappa shape index (κ1) is 29.8. The zero-order chi connectivity index (χ0) is 32.4. The van der Waals surface area contributed by atoms with Gasteiger partial charge in [0.1, 0.15) is 13.1 Å². The van der Waals surface area contributed by atoms with E-state index in [1.807, 2.05) is 60.7 Å². The first-order chi connectivity index (χ1) is 22.7. The summed E-state index contributed by atoms with van der Waals surface area (Å²) in [6, 6.07) is 23.7. The van der Waals surface area contributed by atoms with Crippen LogP contribution < -0.4 is 0 Å². The number of rotatable bonds is 2. The summed E-state index contributed by atoms with van der Waals surface area (Å²) in [6.45, 7) is 2.72. The summed E-state index contributed by atoms with van der Waals surface area (Å²) in [5, 5.41) is 3.50. The number of halogens is 6. The van der Waals surface area contributed by atoms with E-state index >= 15 is 0 Å². The van der Waals surface area contributed by atoms with Gasteiger partial charge in [-0.25, -0.2) is 26.3 Å². The standard InChI is InChI=1S/C40H30F6N/c41-33-17-25(18-34(42)39(33)45)29-15-23-9-3-5-11-27(23)37-31(29)21-47(13-7-1-2-8-14-47)22-32-30(26-19-35(43)40(46)36(44)20-26)16-24-10-4-6-12-28(24)38(32)37/h3-6,9-12,15-20H,1-2,7-8,13-14,21-22H2/q+1. The van der Waals surface area contributed by atoms with Crippen LogP contribution >= 0.6 is 0 Å². The zero-order valence-corrected chi connectivity index (χ0v) is 25.5. The summed E-state index contributed by atoms with van der Waals surface area (Å²) >= 11 is 0. The molecule has 0 saturated carbocycles. The van der Waals surface area contributed by atoms with Gasteiger partial charge in [-0.3, -0.25) is 0 Å². The van der Waals surface area contributed by atoms with Gasteiger partial charge in [-0.05, 0) is 106 Å². The van der Waals surface area contributed by atoms with Crippen molar-refractivity contribution in [3.8, 4) is 33.4 Å². The van der Waals surface area contributed by atoms with Crippen LogP contribution in [0.3, 0.4) is 0 Å². The van der Waals surface area contributed by atoms with Crippen LogP contribution in [-0.2, 0) is 13.1 Å². The molecule has 0 atom stereocenters. The molecule has 6 aromatic rings. The summed E-state index contributed by atoms with van der Waals surface area (Å²) in [7, 11) is 0. The third-order valence-corrected chi connectivity index (χ3v) is 10.2. The fourth-order valence-corrected chi connectivity index (χ4v) is 8.02. The number of benzene rings is 6. The minimum Gasteiger partial charge on any atom is -0.316 e. The molecule has 236 valence electrons. The fourth-order valence-electron chi connectivity index (χ4n) is 8.02. The SMILES string of the molecule is Fc1cc(-c2cc3ccccc3c3c2C[N+]2(CCCCCC2)Cc2c(-c4cc(F)c(F)c(F)c4)cc4ccccc4c2-3)cc(F)c1F. The van der Waals surface area contributed by atoms with Crippen LogP contribution in [0.1, 0.15) is 36.8 Å². The average Bonchev–Trinajstić information content (AvgIpc) is 3.39. The van der Waals surface area contributed by atoms with Gasteiger partial charge in [-0.15, -0.1) is 0 Å². The number of quaternary nitrogens is 1. The summed E-state index contributed by atoms with van der Waals surface area (Å²) in [5.74, 6) is -8.08. The molecule has 2 aliphatic rings. The van der Waals surface area contributed by atoms with Gasteiger partial charge in [-0.2, -0.15) is 0 Å². The number of hydrogen-bond donors (Lipinski definition) is 0. The van der Waals surface area contributed by atoms with Crippen LogP contribution in [0.4, 0.5) is 26.3 Å². The van der Waals surface area contributed by atoms with Crippen LogP contribution in [0.15, 0.2) is 84.9 Å². The maximum absolute atomic E-state index is 14.8. The van der Waals surface area contributed by atoms with E-state index in [9.17, 15) is 26.3 Å². The second-order valence-corrected chi connectivity index (χ2v) is 13.0. The molecule has 2 heterocycles.